The number of likely N-dealkylation sites (tertiary alicyclic amines) is 1. The molecule has 1 aliphatic heterocycles. The zero-order valence-corrected chi connectivity index (χ0v) is 24.7. The maximum absolute atomic E-state index is 13.3. The van der Waals surface area contributed by atoms with E-state index < -0.39 is 11.0 Å². The molecule has 0 aliphatic carbocycles. The molecule has 41 heavy (non-hydrogen) atoms. The van der Waals surface area contributed by atoms with E-state index in [-0.39, 0.29) is 29.6 Å². The lowest BCUT2D eigenvalue weighted by molar-refractivity contribution is -0.127. The van der Waals surface area contributed by atoms with Gasteiger partial charge in [0.05, 0.1) is 0 Å². The van der Waals surface area contributed by atoms with Gasteiger partial charge in [-0.05, 0) is 37.8 Å². The topological polar surface area (TPSA) is 135 Å². The Morgan fingerprint density at radius 3 is 2.49 bits per heavy atom. The second-order valence-corrected chi connectivity index (χ2v) is 11.5. The number of ether oxygens (including phenoxy) is 1. The summed E-state index contributed by atoms with van der Waals surface area (Å²) in [5.41, 5.74) is -0.236. The van der Waals surface area contributed by atoms with E-state index in [1.165, 1.54) is 9.13 Å². The quantitative estimate of drug-likeness (QED) is 0.333. The number of amides is 2. The van der Waals surface area contributed by atoms with Crippen molar-refractivity contribution >= 4 is 28.8 Å². The van der Waals surface area contributed by atoms with Crippen molar-refractivity contribution < 1.29 is 14.3 Å². The molecule has 2 amide bonds. The highest BCUT2D eigenvalue weighted by Crippen LogP contribution is 2.25. The second-order valence-electron chi connectivity index (χ2n) is 11.5. The van der Waals surface area contributed by atoms with Crippen LogP contribution in [0.5, 0.6) is 0 Å². The van der Waals surface area contributed by atoms with E-state index in [0.717, 1.165) is 13.0 Å². The molecule has 0 bridgehead atoms. The Morgan fingerprint density at radius 1 is 1.10 bits per heavy atom. The SMILES string of the molecule is CCCn1c(=O)n(CCCOC)c(=O)c2[nH]c(-c3ccc(N(CCCN4CCCC4=O)C(=O)C(C)(C)C)nc3)nc21. The van der Waals surface area contributed by atoms with Gasteiger partial charge in [0.2, 0.25) is 11.8 Å². The van der Waals surface area contributed by atoms with Crippen molar-refractivity contribution in [3.05, 3.63) is 39.2 Å². The fourth-order valence-electron chi connectivity index (χ4n) is 5.06. The van der Waals surface area contributed by atoms with Crippen molar-refractivity contribution in [2.24, 2.45) is 5.41 Å². The molecule has 12 nitrogen and oxygen atoms in total. The fraction of sp³-hybridized carbons (Fsp3) is 0.586. The number of hydrogen-bond acceptors (Lipinski definition) is 7. The van der Waals surface area contributed by atoms with Crippen molar-refractivity contribution in [1.29, 1.82) is 0 Å². The first-order chi connectivity index (χ1) is 19.6. The number of carbonyl (C=O) groups is 2. The summed E-state index contributed by atoms with van der Waals surface area (Å²) >= 11 is 0. The van der Waals surface area contributed by atoms with E-state index in [1.807, 2.05) is 32.6 Å². The number of aryl methyl sites for hydroxylation is 1. The third-order valence-electron chi connectivity index (χ3n) is 7.20. The standard InChI is InChI=1S/C29H41N7O5/c1-6-13-35-25-23(26(38)36(28(35)40)17-9-18-41-5)31-24(32-25)20-11-12-21(30-19-20)34(27(39)29(2,3)4)16-8-15-33-14-7-10-22(33)37/h11-12,19H,6-10,13-18H2,1-5H3,(H,31,32). The van der Waals surface area contributed by atoms with Crippen molar-refractivity contribution in [2.45, 2.75) is 72.9 Å². The first-order valence-electron chi connectivity index (χ1n) is 14.3. The van der Waals surface area contributed by atoms with Gasteiger partial charge in [-0.3, -0.25) is 28.4 Å². The minimum Gasteiger partial charge on any atom is -0.385 e. The average molecular weight is 568 g/mol. The number of aromatic nitrogens is 5. The molecule has 0 spiro atoms. The highest BCUT2D eigenvalue weighted by Gasteiger charge is 2.29. The number of imidazole rings is 1. The van der Waals surface area contributed by atoms with Crippen LogP contribution in [0.15, 0.2) is 27.9 Å². The van der Waals surface area contributed by atoms with Crippen molar-refractivity contribution in [3.63, 3.8) is 0 Å². The van der Waals surface area contributed by atoms with Crippen LogP contribution in [0.25, 0.3) is 22.6 Å². The number of fused-ring (bicyclic) bond motifs is 1. The van der Waals surface area contributed by atoms with Crippen LogP contribution in [-0.2, 0) is 27.4 Å². The molecular formula is C29H41N7O5. The molecule has 4 rings (SSSR count). The summed E-state index contributed by atoms with van der Waals surface area (Å²) in [6.07, 6.45) is 4.96. The molecule has 1 N–H and O–H groups in total. The Hall–Kier alpha value is -3.80. The van der Waals surface area contributed by atoms with Crippen LogP contribution >= 0.6 is 0 Å². The van der Waals surface area contributed by atoms with Crippen LogP contribution in [0.4, 0.5) is 5.82 Å². The highest BCUT2D eigenvalue weighted by atomic mass is 16.5. The first-order valence-corrected chi connectivity index (χ1v) is 14.3. The minimum absolute atomic E-state index is 0.0631. The summed E-state index contributed by atoms with van der Waals surface area (Å²) in [6.45, 7) is 10.5. The fourth-order valence-corrected chi connectivity index (χ4v) is 5.06. The summed E-state index contributed by atoms with van der Waals surface area (Å²) in [7, 11) is 1.58. The van der Waals surface area contributed by atoms with Gasteiger partial charge in [-0.25, -0.2) is 14.8 Å². The number of carbonyl (C=O) groups excluding carboxylic acids is 2. The molecule has 0 aromatic carbocycles. The van der Waals surface area contributed by atoms with Crippen LogP contribution in [-0.4, -0.2) is 74.2 Å². The molecule has 222 valence electrons. The molecule has 0 saturated carbocycles. The minimum atomic E-state index is -0.616. The molecule has 0 radical (unpaired) electrons. The van der Waals surface area contributed by atoms with Crippen LogP contribution in [0, 0.1) is 5.41 Å². The third kappa shape index (κ3) is 6.58. The number of anilines is 1. The van der Waals surface area contributed by atoms with Crippen LogP contribution in [0.1, 0.15) is 59.8 Å². The maximum atomic E-state index is 13.3. The molecule has 4 heterocycles. The Morgan fingerprint density at radius 2 is 1.88 bits per heavy atom. The van der Waals surface area contributed by atoms with Gasteiger partial charge >= 0.3 is 5.69 Å². The molecule has 0 atom stereocenters. The number of aromatic amines is 1. The summed E-state index contributed by atoms with van der Waals surface area (Å²) in [5, 5.41) is 0. The molecule has 3 aromatic rings. The first kappa shape index (κ1) is 30.2. The van der Waals surface area contributed by atoms with Crippen LogP contribution < -0.4 is 16.1 Å². The predicted molar refractivity (Wildman–Crippen MR) is 157 cm³/mol. The van der Waals surface area contributed by atoms with Gasteiger partial charge in [0.25, 0.3) is 5.56 Å². The van der Waals surface area contributed by atoms with Gasteiger partial charge in [0.15, 0.2) is 5.65 Å². The molecule has 1 aliphatic rings. The summed E-state index contributed by atoms with van der Waals surface area (Å²) in [4.78, 5) is 67.5. The number of H-pyrrole nitrogens is 1. The summed E-state index contributed by atoms with van der Waals surface area (Å²) in [6, 6.07) is 3.56. The Balaban J connectivity index is 1.63. The highest BCUT2D eigenvalue weighted by molar-refractivity contribution is 5.96. The number of methoxy groups -OCH3 is 1. The lowest BCUT2D eigenvalue weighted by Gasteiger charge is -2.29. The van der Waals surface area contributed by atoms with Crippen LogP contribution in [0.2, 0.25) is 0 Å². The lowest BCUT2D eigenvalue weighted by Crippen LogP contribution is -2.41. The maximum Gasteiger partial charge on any atom is 0.332 e. The predicted octanol–water partition coefficient (Wildman–Crippen LogP) is 2.79. The van der Waals surface area contributed by atoms with Gasteiger partial charge in [-0.2, -0.15) is 0 Å². The molecule has 1 fully saturated rings. The molecule has 0 unspecified atom stereocenters. The van der Waals surface area contributed by atoms with Gasteiger partial charge in [0.1, 0.15) is 17.2 Å². The van der Waals surface area contributed by atoms with Crippen LogP contribution in [0.3, 0.4) is 0 Å². The molecular weight excluding hydrogens is 526 g/mol. The van der Waals surface area contributed by atoms with Gasteiger partial charge < -0.3 is 14.6 Å². The Labute approximate surface area is 239 Å². The average Bonchev–Trinajstić information content (AvgIpc) is 3.57. The lowest BCUT2D eigenvalue weighted by atomic mass is 9.94. The van der Waals surface area contributed by atoms with Gasteiger partial charge in [-0.1, -0.05) is 27.7 Å². The van der Waals surface area contributed by atoms with E-state index in [4.69, 9.17) is 4.74 Å². The van der Waals surface area contributed by atoms with Crippen molar-refractivity contribution in [2.75, 3.05) is 38.3 Å². The number of pyridine rings is 1. The smallest absolute Gasteiger partial charge is 0.332 e. The van der Waals surface area contributed by atoms with E-state index in [9.17, 15) is 19.2 Å². The number of rotatable bonds is 12. The number of hydrogen-bond donors (Lipinski definition) is 1. The van der Waals surface area contributed by atoms with E-state index >= 15 is 0 Å². The molecule has 12 heteroatoms. The number of nitrogens with one attached hydrogen (secondary N) is 1. The van der Waals surface area contributed by atoms with Gasteiger partial charge in [-0.15, -0.1) is 0 Å². The second kappa shape index (κ2) is 12.8. The Kier molecular flexibility index (Phi) is 9.42. The number of nitrogens with zero attached hydrogens (tertiary/aromatic N) is 6. The van der Waals surface area contributed by atoms with Crippen molar-refractivity contribution in [1.82, 2.24) is 29.0 Å². The monoisotopic (exact) mass is 567 g/mol. The largest absolute Gasteiger partial charge is 0.385 e. The van der Waals surface area contributed by atoms with E-state index in [1.54, 1.807) is 30.3 Å². The third-order valence-corrected chi connectivity index (χ3v) is 7.20. The van der Waals surface area contributed by atoms with Gasteiger partial charge in [0, 0.05) is 70.0 Å². The Bertz CT molecular complexity index is 1500. The summed E-state index contributed by atoms with van der Waals surface area (Å²) < 4.78 is 7.84. The molecule has 1 saturated heterocycles. The summed E-state index contributed by atoms with van der Waals surface area (Å²) in [5.74, 6) is 1.02. The van der Waals surface area contributed by atoms with E-state index in [0.29, 0.717) is 74.8 Å². The zero-order chi connectivity index (χ0) is 29.7. The normalized spacial score (nSPS) is 13.9. The van der Waals surface area contributed by atoms with E-state index in [2.05, 4.69) is 15.0 Å². The molecule has 3 aromatic heterocycles. The zero-order valence-electron chi connectivity index (χ0n) is 24.7. The van der Waals surface area contributed by atoms with Crippen molar-refractivity contribution in [3.8, 4) is 11.4 Å².